The third-order valence-corrected chi connectivity index (χ3v) is 3.99. The predicted molar refractivity (Wildman–Crippen MR) is 98.3 cm³/mol. The Kier molecular flexibility index (Phi) is 4.97. The summed E-state index contributed by atoms with van der Waals surface area (Å²) in [5, 5.41) is 2.79. The number of rotatable bonds is 6. The molecule has 0 aliphatic heterocycles. The summed E-state index contributed by atoms with van der Waals surface area (Å²) in [6.07, 6.45) is 0.824. The molecule has 1 heterocycles. The van der Waals surface area contributed by atoms with Gasteiger partial charge < -0.3 is 19.2 Å². The van der Waals surface area contributed by atoms with Gasteiger partial charge in [0.1, 0.15) is 11.5 Å². The third-order valence-electron chi connectivity index (χ3n) is 3.99. The van der Waals surface area contributed by atoms with E-state index in [2.05, 4.69) is 5.32 Å². The fraction of sp³-hybridized carbons (Fsp3) is 0.263. The van der Waals surface area contributed by atoms with Crippen LogP contribution in [0, 0.1) is 0 Å². The van der Waals surface area contributed by atoms with Gasteiger partial charge in [-0.3, -0.25) is 9.36 Å². The number of aryl methyl sites for hydroxylation is 1. The number of fused-ring (bicyclic) bond motifs is 1. The summed E-state index contributed by atoms with van der Waals surface area (Å²) in [6.45, 7) is 2.57. The Morgan fingerprint density at radius 1 is 1.12 bits per heavy atom. The number of methoxy groups -OCH3 is 2. The Morgan fingerprint density at radius 2 is 1.81 bits per heavy atom. The number of benzene rings is 2. The van der Waals surface area contributed by atoms with Gasteiger partial charge in [-0.15, -0.1) is 0 Å². The second-order valence-electron chi connectivity index (χ2n) is 5.76. The van der Waals surface area contributed by atoms with Crippen molar-refractivity contribution in [2.75, 3.05) is 19.5 Å². The van der Waals surface area contributed by atoms with Crippen molar-refractivity contribution < 1.29 is 18.7 Å². The Balaban J connectivity index is 1.89. The van der Waals surface area contributed by atoms with Gasteiger partial charge in [0.25, 0.3) is 5.91 Å². The maximum atomic E-state index is 12.5. The zero-order chi connectivity index (χ0) is 18.7. The first-order valence-corrected chi connectivity index (χ1v) is 8.23. The Morgan fingerprint density at radius 3 is 2.42 bits per heavy atom. The Bertz CT molecular complexity index is 981. The van der Waals surface area contributed by atoms with Crippen LogP contribution in [0.5, 0.6) is 11.5 Å². The Hall–Kier alpha value is -3.22. The van der Waals surface area contributed by atoms with E-state index in [0.717, 1.165) is 6.42 Å². The second kappa shape index (κ2) is 7.35. The zero-order valence-electron chi connectivity index (χ0n) is 14.9. The summed E-state index contributed by atoms with van der Waals surface area (Å²) in [6, 6.07) is 10.1. The molecule has 3 aromatic rings. The molecule has 1 N–H and O–H groups in total. The average molecular weight is 356 g/mol. The van der Waals surface area contributed by atoms with E-state index in [1.54, 1.807) is 41.0 Å². The number of hydrogen-bond acceptors (Lipinski definition) is 5. The fourth-order valence-corrected chi connectivity index (χ4v) is 2.72. The van der Waals surface area contributed by atoms with Crippen molar-refractivity contribution in [2.24, 2.45) is 0 Å². The van der Waals surface area contributed by atoms with Gasteiger partial charge >= 0.3 is 5.76 Å². The Labute approximate surface area is 150 Å². The normalized spacial score (nSPS) is 10.7. The molecule has 3 rings (SSSR count). The van der Waals surface area contributed by atoms with Gasteiger partial charge in [0.05, 0.1) is 19.7 Å². The molecule has 7 heteroatoms. The maximum Gasteiger partial charge on any atom is 0.419 e. The lowest BCUT2D eigenvalue weighted by Crippen LogP contribution is -2.13. The molecule has 136 valence electrons. The number of nitrogens with zero attached hydrogens (tertiary/aromatic N) is 1. The number of anilines is 1. The number of carbonyl (C=O) groups excluding carboxylic acids is 1. The lowest BCUT2D eigenvalue weighted by Gasteiger charge is -2.09. The number of nitrogens with one attached hydrogen (secondary N) is 1. The lowest BCUT2D eigenvalue weighted by molar-refractivity contribution is 0.102. The van der Waals surface area contributed by atoms with E-state index in [-0.39, 0.29) is 5.91 Å². The number of hydrogen-bond donors (Lipinski definition) is 1. The van der Waals surface area contributed by atoms with Crippen LogP contribution in [-0.2, 0) is 6.54 Å². The second-order valence-corrected chi connectivity index (χ2v) is 5.76. The molecule has 26 heavy (non-hydrogen) atoms. The average Bonchev–Trinajstić information content (AvgIpc) is 2.96. The molecule has 0 atom stereocenters. The molecular formula is C19H20N2O5. The molecule has 0 fully saturated rings. The number of aromatic nitrogens is 1. The molecule has 0 bridgehead atoms. The molecule has 0 radical (unpaired) electrons. The van der Waals surface area contributed by atoms with Crippen molar-refractivity contribution in [1.82, 2.24) is 4.57 Å². The van der Waals surface area contributed by atoms with E-state index in [1.165, 1.54) is 14.2 Å². The summed E-state index contributed by atoms with van der Waals surface area (Å²) in [7, 11) is 3.04. The van der Waals surface area contributed by atoms with Gasteiger partial charge in [-0.2, -0.15) is 0 Å². The van der Waals surface area contributed by atoms with E-state index in [0.29, 0.717) is 40.4 Å². The molecule has 0 aliphatic carbocycles. The van der Waals surface area contributed by atoms with Crippen LogP contribution in [0.25, 0.3) is 11.1 Å². The number of oxazole rings is 1. The van der Waals surface area contributed by atoms with Crippen molar-refractivity contribution in [2.45, 2.75) is 19.9 Å². The number of carbonyl (C=O) groups is 1. The van der Waals surface area contributed by atoms with Crippen LogP contribution in [0.4, 0.5) is 5.69 Å². The standard InChI is InChI=1S/C19H20N2O5/c1-4-7-21-16-6-5-13(10-17(16)26-19(21)23)20-18(22)12-8-14(24-2)11-15(9-12)25-3/h5-6,8-11H,4,7H2,1-3H3,(H,20,22). The molecule has 7 nitrogen and oxygen atoms in total. The van der Waals surface area contributed by atoms with Crippen LogP contribution in [0.1, 0.15) is 23.7 Å². The molecule has 2 aromatic carbocycles. The molecule has 1 aromatic heterocycles. The first-order chi connectivity index (χ1) is 12.5. The molecule has 0 spiro atoms. The minimum Gasteiger partial charge on any atom is -0.497 e. The van der Waals surface area contributed by atoms with E-state index >= 15 is 0 Å². The van der Waals surface area contributed by atoms with Crippen LogP contribution in [0.2, 0.25) is 0 Å². The summed E-state index contributed by atoms with van der Waals surface area (Å²) in [4.78, 5) is 24.4. The molecule has 1 amide bonds. The highest BCUT2D eigenvalue weighted by Crippen LogP contribution is 2.24. The minimum atomic E-state index is -0.400. The summed E-state index contributed by atoms with van der Waals surface area (Å²) < 4.78 is 17.2. The molecule has 0 saturated heterocycles. The van der Waals surface area contributed by atoms with Gasteiger partial charge in [-0.05, 0) is 30.7 Å². The first-order valence-electron chi connectivity index (χ1n) is 8.23. The third kappa shape index (κ3) is 3.42. The summed E-state index contributed by atoms with van der Waals surface area (Å²) >= 11 is 0. The number of ether oxygens (including phenoxy) is 2. The maximum absolute atomic E-state index is 12.5. The van der Waals surface area contributed by atoms with Crippen molar-refractivity contribution in [3.05, 3.63) is 52.5 Å². The predicted octanol–water partition coefficient (Wildman–Crippen LogP) is 3.27. The quantitative estimate of drug-likeness (QED) is 0.733. The van der Waals surface area contributed by atoms with E-state index < -0.39 is 5.76 Å². The largest absolute Gasteiger partial charge is 0.497 e. The fourth-order valence-electron chi connectivity index (χ4n) is 2.72. The van der Waals surface area contributed by atoms with Gasteiger partial charge in [0, 0.05) is 29.9 Å². The van der Waals surface area contributed by atoms with Crippen LogP contribution < -0.4 is 20.5 Å². The van der Waals surface area contributed by atoms with E-state index in [4.69, 9.17) is 13.9 Å². The SMILES string of the molecule is CCCn1c(=O)oc2cc(NC(=O)c3cc(OC)cc(OC)c3)ccc21. The van der Waals surface area contributed by atoms with Crippen LogP contribution >= 0.6 is 0 Å². The van der Waals surface area contributed by atoms with Crippen molar-refractivity contribution in [3.63, 3.8) is 0 Å². The molecular weight excluding hydrogens is 336 g/mol. The van der Waals surface area contributed by atoms with Crippen molar-refractivity contribution >= 4 is 22.7 Å². The smallest absolute Gasteiger partial charge is 0.419 e. The number of amides is 1. The van der Waals surface area contributed by atoms with Crippen molar-refractivity contribution in [1.29, 1.82) is 0 Å². The molecule has 0 unspecified atom stereocenters. The highest BCUT2D eigenvalue weighted by atomic mass is 16.5. The van der Waals surface area contributed by atoms with E-state index in [1.807, 2.05) is 6.92 Å². The molecule has 0 aliphatic rings. The minimum absolute atomic E-state index is 0.322. The lowest BCUT2D eigenvalue weighted by atomic mass is 10.1. The van der Waals surface area contributed by atoms with Crippen LogP contribution in [-0.4, -0.2) is 24.7 Å². The van der Waals surface area contributed by atoms with Gasteiger partial charge in [-0.25, -0.2) is 4.79 Å². The monoisotopic (exact) mass is 356 g/mol. The summed E-state index contributed by atoms with van der Waals surface area (Å²) in [5.41, 5.74) is 2.07. The van der Waals surface area contributed by atoms with Crippen molar-refractivity contribution in [3.8, 4) is 11.5 Å². The highest BCUT2D eigenvalue weighted by molar-refractivity contribution is 6.05. The van der Waals surface area contributed by atoms with Gasteiger partial charge in [-0.1, -0.05) is 6.92 Å². The zero-order valence-corrected chi connectivity index (χ0v) is 14.9. The topological polar surface area (TPSA) is 82.7 Å². The first kappa shape index (κ1) is 17.6. The van der Waals surface area contributed by atoms with Gasteiger partial charge in [0.15, 0.2) is 5.58 Å². The van der Waals surface area contributed by atoms with Crippen LogP contribution in [0.15, 0.2) is 45.6 Å². The van der Waals surface area contributed by atoms with Gasteiger partial charge in [0.2, 0.25) is 0 Å². The highest BCUT2D eigenvalue weighted by Gasteiger charge is 2.13. The molecule has 0 saturated carbocycles. The summed E-state index contributed by atoms with van der Waals surface area (Å²) in [5.74, 6) is 0.319. The van der Waals surface area contributed by atoms with E-state index in [9.17, 15) is 9.59 Å². The van der Waals surface area contributed by atoms with Crippen LogP contribution in [0.3, 0.4) is 0 Å².